The van der Waals surface area contributed by atoms with Gasteiger partial charge in [-0.05, 0) is 86.3 Å². The Labute approximate surface area is 245 Å². The van der Waals surface area contributed by atoms with Gasteiger partial charge in [-0.25, -0.2) is 9.18 Å². The molecule has 1 heterocycles. The Morgan fingerprint density at radius 1 is 0.976 bits per heavy atom. The molecule has 216 valence electrons. The van der Waals surface area contributed by atoms with Gasteiger partial charge in [0.1, 0.15) is 22.9 Å². The second-order valence-electron chi connectivity index (χ2n) is 11.1. The number of hydrogen-bond acceptors (Lipinski definition) is 6. The van der Waals surface area contributed by atoms with E-state index in [4.69, 9.17) is 15.2 Å². The zero-order chi connectivity index (χ0) is 30.3. The van der Waals surface area contributed by atoms with E-state index < -0.39 is 23.4 Å². The molecule has 4 aromatic carbocycles. The molecule has 1 amide bonds. The number of methoxy groups -OCH3 is 1. The van der Waals surface area contributed by atoms with Crippen LogP contribution in [0.1, 0.15) is 52.5 Å². The number of halogens is 1. The van der Waals surface area contributed by atoms with Gasteiger partial charge < -0.3 is 25.4 Å². The van der Waals surface area contributed by atoms with Crippen LogP contribution in [0.25, 0.3) is 11.1 Å². The van der Waals surface area contributed by atoms with Gasteiger partial charge >= 0.3 is 5.97 Å². The highest BCUT2D eigenvalue weighted by Crippen LogP contribution is 2.48. The largest absolute Gasteiger partial charge is 0.496 e. The lowest BCUT2D eigenvalue weighted by Gasteiger charge is -2.40. The molecule has 4 aromatic rings. The fraction of sp³-hybridized carbons (Fsp3) is 0.235. The molecule has 42 heavy (non-hydrogen) atoms. The molecule has 7 nitrogen and oxygen atoms in total. The van der Waals surface area contributed by atoms with Gasteiger partial charge in [0.15, 0.2) is 0 Å². The minimum Gasteiger partial charge on any atom is -0.496 e. The number of nitrogens with two attached hydrogens (primary N) is 1. The fourth-order valence-electron chi connectivity index (χ4n) is 5.55. The van der Waals surface area contributed by atoms with Gasteiger partial charge in [-0.1, -0.05) is 30.3 Å². The van der Waals surface area contributed by atoms with Crippen molar-refractivity contribution >= 4 is 23.3 Å². The Morgan fingerprint density at radius 3 is 2.40 bits per heavy atom. The molecule has 5 rings (SSSR count). The number of likely N-dealkylation sites (N-methyl/N-ethyl adjacent to an activating group) is 1. The number of carbonyl (C=O) groups excluding carboxylic acids is 2. The van der Waals surface area contributed by atoms with Crippen LogP contribution >= 0.6 is 0 Å². The Balaban J connectivity index is 1.67. The van der Waals surface area contributed by atoms with Crippen molar-refractivity contribution in [1.82, 2.24) is 0 Å². The van der Waals surface area contributed by atoms with Crippen molar-refractivity contribution in [1.29, 1.82) is 0 Å². The molecule has 0 aliphatic carbocycles. The van der Waals surface area contributed by atoms with Gasteiger partial charge in [0.05, 0.1) is 30.1 Å². The Kier molecular flexibility index (Phi) is 7.51. The quantitative estimate of drug-likeness (QED) is 0.203. The molecular formula is C34H34FN3O4. The number of carbonyl (C=O) groups is 2. The molecule has 1 aliphatic rings. The average Bonchev–Trinajstić information content (AvgIpc) is 2.96. The summed E-state index contributed by atoms with van der Waals surface area (Å²) in [5, 5.41) is 3.34. The van der Waals surface area contributed by atoms with E-state index in [0.717, 1.165) is 16.8 Å². The summed E-state index contributed by atoms with van der Waals surface area (Å²) in [5.74, 6) is -0.271. The van der Waals surface area contributed by atoms with Crippen LogP contribution in [0.15, 0.2) is 72.8 Å². The first-order valence-corrected chi connectivity index (χ1v) is 13.6. The van der Waals surface area contributed by atoms with Crippen molar-refractivity contribution in [3.8, 4) is 22.6 Å². The minimum atomic E-state index is -0.834. The molecule has 8 heteroatoms. The normalized spacial score (nSPS) is 14.6. The van der Waals surface area contributed by atoms with Gasteiger partial charge in [-0.2, -0.15) is 0 Å². The number of ether oxygens (including phenoxy) is 2. The Hall–Kier alpha value is -4.69. The molecule has 0 aromatic heterocycles. The summed E-state index contributed by atoms with van der Waals surface area (Å²) in [5.41, 5.74) is 12.1. The second kappa shape index (κ2) is 10.9. The van der Waals surface area contributed by atoms with Gasteiger partial charge in [0.25, 0.3) is 5.91 Å². The fourth-order valence-corrected chi connectivity index (χ4v) is 5.55. The summed E-state index contributed by atoms with van der Waals surface area (Å²) in [6.45, 7) is 7.36. The molecular weight excluding hydrogens is 533 g/mol. The molecule has 0 bridgehead atoms. The molecule has 1 atom stereocenters. The minimum absolute atomic E-state index is 0.137. The number of nitrogens with one attached hydrogen (secondary N) is 1. The maximum absolute atomic E-state index is 14.4. The number of anilines is 2. The highest BCUT2D eigenvalue weighted by molar-refractivity contribution is 6.09. The molecule has 0 fully saturated rings. The van der Waals surface area contributed by atoms with Crippen molar-refractivity contribution in [2.24, 2.45) is 5.73 Å². The van der Waals surface area contributed by atoms with E-state index >= 15 is 0 Å². The predicted molar refractivity (Wildman–Crippen MR) is 163 cm³/mol. The Morgan fingerprint density at radius 2 is 1.69 bits per heavy atom. The molecule has 0 saturated carbocycles. The topological polar surface area (TPSA) is 93.9 Å². The maximum atomic E-state index is 14.4. The van der Waals surface area contributed by atoms with Crippen LogP contribution in [-0.2, 0) is 4.79 Å². The third kappa shape index (κ3) is 5.10. The van der Waals surface area contributed by atoms with Crippen molar-refractivity contribution in [2.45, 2.75) is 39.3 Å². The van der Waals surface area contributed by atoms with E-state index in [9.17, 15) is 14.0 Å². The number of fused-ring (bicyclic) bond motifs is 1. The zero-order valence-corrected chi connectivity index (χ0v) is 24.5. The summed E-state index contributed by atoms with van der Waals surface area (Å²) in [4.78, 5) is 27.9. The van der Waals surface area contributed by atoms with Crippen molar-refractivity contribution < 1.29 is 23.5 Å². The maximum Gasteiger partial charge on any atom is 0.343 e. The van der Waals surface area contributed by atoms with Crippen LogP contribution in [-0.4, -0.2) is 31.6 Å². The number of benzene rings is 4. The molecule has 0 saturated heterocycles. The van der Waals surface area contributed by atoms with Crippen LogP contribution in [0.3, 0.4) is 0 Å². The second-order valence-corrected chi connectivity index (χ2v) is 11.1. The van der Waals surface area contributed by atoms with Crippen LogP contribution in [0.5, 0.6) is 11.5 Å². The van der Waals surface area contributed by atoms with Crippen molar-refractivity contribution in [3.63, 3.8) is 0 Å². The van der Waals surface area contributed by atoms with E-state index in [1.165, 1.54) is 19.2 Å². The average molecular weight is 568 g/mol. The molecule has 0 radical (unpaired) electrons. The van der Waals surface area contributed by atoms with E-state index in [1.54, 1.807) is 48.3 Å². The van der Waals surface area contributed by atoms with Crippen molar-refractivity contribution in [3.05, 3.63) is 106 Å². The summed E-state index contributed by atoms with van der Waals surface area (Å²) in [6.07, 6.45) is 0. The molecule has 1 aliphatic heterocycles. The number of amides is 1. The van der Waals surface area contributed by atoms with Crippen LogP contribution in [0.2, 0.25) is 0 Å². The lowest BCUT2D eigenvalue weighted by Crippen LogP contribution is -2.53. The first kappa shape index (κ1) is 28.8. The van der Waals surface area contributed by atoms with E-state index in [2.05, 4.69) is 5.32 Å². The summed E-state index contributed by atoms with van der Waals surface area (Å²) < 4.78 is 25.9. The van der Waals surface area contributed by atoms with E-state index in [1.807, 2.05) is 52.0 Å². The lowest BCUT2D eigenvalue weighted by atomic mass is 9.85. The summed E-state index contributed by atoms with van der Waals surface area (Å²) in [6, 6.07) is 19.9. The first-order chi connectivity index (χ1) is 19.9. The van der Waals surface area contributed by atoms with Crippen molar-refractivity contribution in [2.75, 3.05) is 24.4 Å². The molecule has 3 N–H and O–H groups in total. The standard InChI is InChI=1S/C34H34FN3O4/c1-19-9-7-8-10-23(19)32(39)42-22-13-14-24(28(18-22)41-6)25-15-16-27-31(38(5)33(40)34(3,4)37-27)29(25)30(36)26-17-21(35)12-11-20(26)2/h7-18,30,37H,36H2,1-6H3. The number of nitrogens with zero attached hydrogens (tertiary/aromatic N) is 1. The monoisotopic (exact) mass is 567 g/mol. The smallest absolute Gasteiger partial charge is 0.343 e. The summed E-state index contributed by atoms with van der Waals surface area (Å²) in [7, 11) is 3.24. The van der Waals surface area contributed by atoms with Crippen LogP contribution in [0.4, 0.5) is 15.8 Å². The number of hydrogen-bond donors (Lipinski definition) is 2. The van der Waals surface area contributed by atoms with Crippen LogP contribution in [0, 0.1) is 19.7 Å². The van der Waals surface area contributed by atoms with Gasteiger partial charge in [-0.15, -0.1) is 0 Å². The van der Waals surface area contributed by atoms with E-state index in [0.29, 0.717) is 45.0 Å². The highest BCUT2D eigenvalue weighted by atomic mass is 19.1. The van der Waals surface area contributed by atoms with Gasteiger partial charge in [0.2, 0.25) is 0 Å². The predicted octanol–water partition coefficient (Wildman–Crippen LogP) is 6.55. The first-order valence-electron chi connectivity index (χ1n) is 13.6. The Bertz CT molecular complexity index is 1720. The van der Waals surface area contributed by atoms with Crippen LogP contribution < -0.4 is 25.4 Å². The van der Waals surface area contributed by atoms with Gasteiger partial charge in [-0.3, -0.25) is 4.79 Å². The zero-order valence-electron chi connectivity index (χ0n) is 24.5. The number of aryl methyl sites for hydroxylation is 2. The third-order valence-electron chi connectivity index (χ3n) is 7.76. The van der Waals surface area contributed by atoms with E-state index in [-0.39, 0.29) is 5.91 Å². The lowest BCUT2D eigenvalue weighted by molar-refractivity contribution is -0.121. The number of rotatable bonds is 6. The third-order valence-corrected chi connectivity index (χ3v) is 7.76. The molecule has 1 unspecified atom stereocenters. The summed E-state index contributed by atoms with van der Waals surface area (Å²) >= 11 is 0. The SMILES string of the molecule is COc1cc(OC(=O)c2ccccc2C)ccc1-c1ccc2c(c1C(N)c1cc(F)ccc1C)N(C)C(=O)C(C)(C)N2. The van der Waals surface area contributed by atoms with Gasteiger partial charge in [0, 0.05) is 24.2 Å². The molecule has 0 spiro atoms. The highest BCUT2D eigenvalue weighted by Gasteiger charge is 2.40. The number of esters is 1.